The van der Waals surface area contributed by atoms with E-state index in [9.17, 15) is 19.5 Å². The first-order valence-corrected chi connectivity index (χ1v) is 11.5. The molecule has 0 amide bonds. The lowest BCUT2D eigenvalue weighted by molar-refractivity contribution is -0.170. The molecule has 37 heavy (non-hydrogen) atoms. The number of aliphatic carboxylic acids is 3. The molecule has 3 rings (SSSR count). The number of carboxylic acid groups (broad SMARTS) is 3. The lowest BCUT2D eigenvalue weighted by Crippen LogP contribution is -2.42. The summed E-state index contributed by atoms with van der Waals surface area (Å²) in [5.41, 5.74) is -0.429. The smallest absolute Gasteiger partial charge is 0.336 e. The number of ether oxygens (including phenoxy) is 1. The third kappa shape index (κ3) is 7.87. The van der Waals surface area contributed by atoms with Gasteiger partial charge in [-0.15, -0.1) is 0 Å². The van der Waals surface area contributed by atoms with Crippen LogP contribution in [0.2, 0.25) is 0 Å². The van der Waals surface area contributed by atoms with Crippen LogP contribution < -0.4 is 4.74 Å². The summed E-state index contributed by atoms with van der Waals surface area (Å²) in [7, 11) is 1.65. The van der Waals surface area contributed by atoms with Crippen LogP contribution in [0.3, 0.4) is 0 Å². The summed E-state index contributed by atoms with van der Waals surface area (Å²) in [4.78, 5) is 32.8. The summed E-state index contributed by atoms with van der Waals surface area (Å²) in [5, 5.41) is 49.3. The SMILES string of the molecule is C=Cn1cc(CN2CCC(O)(c3ccccc3OC)CC2)c(C)n1.O=C(O)CC(O)(CC(=O)O)C(=O)O. The number of aryl methyl sites for hydroxylation is 1. The Morgan fingerprint density at radius 2 is 1.70 bits per heavy atom. The fourth-order valence-corrected chi connectivity index (χ4v) is 4.10. The molecule has 2 heterocycles. The summed E-state index contributed by atoms with van der Waals surface area (Å²) >= 11 is 0. The normalized spacial score (nSPS) is 15.2. The maximum atomic E-state index is 11.1. The van der Waals surface area contributed by atoms with Crippen LogP contribution in [0.25, 0.3) is 6.20 Å². The first kappa shape index (κ1) is 29.5. The molecule has 1 aromatic heterocycles. The Bertz CT molecular complexity index is 1100. The van der Waals surface area contributed by atoms with E-state index < -0.39 is 42.0 Å². The van der Waals surface area contributed by atoms with Gasteiger partial charge in [-0.05, 0) is 25.8 Å². The number of aliphatic hydroxyl groups is 2. The second-order valence-electron chi connectivity index (χ2n) is 8.89. The molecule has 1 fully saturated rings. The number of nitrogens with zero attached hydrogens (tertiary/aromatic N) is 3. The zero-order valence-electron chi connectivity index (χ0n) is 20.8. The van der Waals surface area contributed by atoms with Crippen LogP contribution in [0.4, 0.5) is 0 Å². The molecule has 0 aliphatic carbocycles. The first-order valence-electron chi connectivity index (χ1n) is 11.5. The van der Waals surface area contributed by atoms with Gasteiger partial charge in [0.05, 0.1) is 31.2 Å². The van der Waals surface area contributed by atoms with Crippen molar-refractivity contribution in [2.45, 2.75) is 50.4 Å². The van der Waals surface area contributed by atoms with Gasteiger partial charge in [-0.2, -0.15) is 5.10 Å². The molecule has 12 nitrogen and oxygen atoms in total. The highest BCUT2D eigenvalue weighted by atomic mass is 16.5. The molecule has 0 spiro atoms. The maximum Gasteiger partial charge on any atom is 0.336 e. The fourth-order valence-electron chi connectivity index (χ4n) is 4.10. The predicted octanol–water partition coefficient (Wildman–Crippen LogP) is 1.54. The molecule has 1 aromatic carbocycles. The number of rotatable bonds is 10. The van der Waals surface area contributed by atoms with E-state index in [1.807, 2.05) is 37.4 Å². The average Bonchev–Trinajstić information content (AvgIpc) is 3.19. The van der Waals surface area contributed by atoms with Gasteiger partial charge < -0.3 is 30.3 Å². The van der Waals surface area contributed by atoms with Crippen molar-refractivity contribution in [2.24, 2.45) is 0 Å². The number of methoxy groups -OCH3 is 1. The van der Waals surface area contributed by atoms with Gasteiger partial charge in [-0.1, -0.05) is 24.8 Å². The van der Waals surface area contributed by atoms with E-state index in [0.717, 1.165) is 36.6 Å². The van der Waals surface area contributed by atoms with Gasteiger partial charge in [0.25, 0.3) is 0 Å². The monoisotopic (exact) mass is 519 g/mol. The van der Waals surface area contributed by atoms with Gasteiger partial charge in [0.15, 0.2) is 5.60 Å². The van der Waals surface area contributed by atoms with Crippen LogP contribution in [0.15, 0.2) is 37.0 Å². The van der Waals surface area contributed by atoms with Crippen LogP contribution in [-0.2, 0) is 26.5 Å². The number of aromatic nitrogens is 2. The molecule has 0 atom stereocenters. The van der Waals surface area contributed by atoms with Crippen LogP contribution >= 0.6 is 0 Å². The van der Waals surface area contributed by atoms with Crippen LogP contribution in [0.5, 0.6) is 5.75 Å². The highest BCUT2D eigenvalue weighted by Gasteiger charge is 2.41. The van der Waals surface area contributed by atoms with Crippen molar-refractivity contribution in [1.82, 2.24) is 14.7 Å². The third-order valence-electron chi connectivity index (χ3n) is 6.18. The topological polar surface area (TPSA) is 183 Å². The molecular formula is C25H33N3O9. The molecule has 1 saturated heterocycles. The largest absolute Gasteiger partial charge is 0.496 e. The molecule has 0 saturated carbocycles. The maximum absolute atomic E-state index is 11.1. The first-order chi connectivity index (χ1) is 17.3. The molecule has 202 valence electrons. The van der Waals surface area contributed by atoms with Crippen molar-refractivity contribution < 1.29 is 44.7 Å². The molecule has 12 heteroatoms. The number of para-hydroxylation sites is 1. The average molecular weight is 520 g/mol. The lowest BCUT2D eigenvalue weighted by Gasteiger charge is -2.39. The molecule has 0 radical (unpaired) electrons. The molecule has 1 aliphatic heterocycles. The van der Waals surface area contributed by atoms with E-state index >= 15 is 0 Å². The minimum absolute atomic E-state index is 0.696. The van der Waals surface area contributed by atoms with Gasteiger partial charge in [0, 0.05) is 43.2 Å². The Kier molecular flexibility index (Phi) is 9.95. The summed E-state index contributed by atoms with van der Waals surface area (Å²) < 4.78 is 7.17. The number of carboxylic acids is 3. The van der Waals surface area contributed by atoms with Crippen molar-refractivity contribution in [3.05, 3.63) is 53.9 Å². The van der Waals surface area contributed by atoms with Crippen molar-refractivity contribution in [3.63, 3.8) is 0 Å². The number of likely N-dealkylation sites (tertiary alicyclic amines) is 1. The van der Waals surface area contributed by atoms with Crippen LogP contribution in [-0.4, -0.2) is 83.9 Å². The van der Waals surface area contributed by atoms with Crippen LogP contribution in [0.1, 0.15) is 42.5 Å². The fraction of sp³-hybridized carbons (Fsp3) is 0.440. The minimum Gasteiger partial charge on any atom is -0.496 e. The van der Waals surface area contributed by atoms with Gasteiger partial charge >= 0.3 is 17.9 Å². The molecule has 0 bridgehead atoms. The summed E-state index contributed by atoms with van der Waals surface area (Å²) in [5.74, 6) is -4.26. The molecule has 5 N–H and O–H groups in total. The third-order valence-corrected chi connectivity index (χ3v) is 6.18. The number of benzene rings is 1. The Hall–Kier alpha value is -3.74. The van der Waals surface area contributed by atoms with E-state index in [-0.39, 0.29) is 0 Å². The zero-order chi connectivity index (χ0) is 27.8. The van der Waals surface area contributed by atoms with Crippen molar-refractivity contribution >= 4 is 24.1 Å². The van der Waals surface area contributed by atoms with E-state index in [1.54, 1.807) is 18.0 Å². The van der Waals surface area contributed by atoms with E-state index in [4.69, 9.17) is 25.2 Å². The molecule has 2 aromatic rings. The van der Waals surface area contributed by atoms with Gasteiger partial charge in [0.2, 0.25) is 0 Å². The van der Waals surface area contributed by atoms with Gasteiger partial charge in [-0.3, -0.25) is 14.5 Å². The van der Waals surface area contributed by atoms with Crippen molar-refractivity contribution in [2.75, 3.05) is 20.2 Å². The summed E-state index contributed by atoms with van der Waals surface area (Å²) in [6.07, 6.45) is 2.82. The van der Waals surface area contributed by atoms with E-state index in [0.29, 0.717) is 12.8 Å². The van der Waals surface area contributed by atoms with E-state index in [1.165, 1.54) is 5.56 Å². The number of piperidine rings is 1. The lowest BCUT2D eigenvalue weighted by atomic mass is 9.84. The summed E-state index contributed by atoms with van der Waals surface area (Å²) in [6, 6.07) is 7.76. The number of hydrogen-bond acceptors (Lipinski definition) is 8. The highest BCUT2D eigenvalue weighted by Crippen LogP contribution is 2.38. The predicted molar refractivity (Wildman–Crippen MR) is 132 cm³/mol. The second-order valence-corrected chi connectivity index (χ2v) is 8.89. The van der Waals surface area contributed by atoms with E-state index in [2.05, 4.69) is 16.6 Å². The Morgan fingerprint density at radius 3 is 2.16 bits per heavy atom. The zero-order valence-corrected chi connectivity index (χ0v) is 20.8. The van der Waals surface area contributed by atoms with Gasteiger partial charge in [-0.25, -0.2) is 9.48 Å². The summed E-state index contributed by atoms with van der Waals surface area (Å²) in [6.45, 7) is 8.29. The standard InChI is InChI=1S/C19H25N3O2.C6H8O7/c1-4-22-14-16(15(2)20-22)13-21-11-9-19(23,10-12-21)17-7-5-6-8-18(17)24-3;7-3(8)1-6(13,5(11)12)2-4(9)10/h4-8,14,23H,1,9-13H2,2-3H3;13H,1-2H2,(H,7,8)(H,9,10)(H,11,12). The van der Waals surface area contributed by atoms with Crippen molar-refractivity contribution in [3.8, 4) is 5.75 Å². The number of carbonyl (C=O) groups is 3. The van der Waals surface area contributed by atoms with Crippen molar-refractivity contribution in [1.29, 1.82) is 0 Å². The Labute approximate surface area is 214 Å². The highest BCUT2D eigenvalue weighted by molar-refractivity contribution is 5.88. The van der Waals surface area contributed by atoms with Crippen LogP contribution in [0, 0.1) is 6.92 Å². The molecular weight excluding hydrogens is 486 g/mol. The minimum atomic E-state index is -2.74. The Morgan fingerprint density at radius 1 is 1.14 bits per heavy atom. The quantitative estimate of drug-likeness (QED) is 0.307. The number of hydrogen-bond donors (Lipinski definition) is 5. The Balaban J connectivity index is 0.000000317. The molecule has 1 aliphatic rings. The second kappa shape index (κ2) is 12.5. The molecule has 0 unspecified atom stereocenters. The van der Waals surface area contributed by atoms with Gasteiger partial charge in [0.1, 0.15) is 5.75 Å².